The first-order valence-electron chi connectivity index (χ1n) is 10.6. The highest BCUT2D eigenvalue weighted by molar-refractivity contribution is 7.92. The van der Waals surface area contributed by atoms with Crippen LogP contribution in [0.5, 0.6) is 17.2 Å². The third-order valence-electron chi connectivity index (χ3n) is 5.01. The van der Waals surface area contributed by atoms with Crippen molar-refractivity contribution in [2.45, 2.75) is 31.3 Å². The summed E-state index contributed by atoms with van der Waals surface area (Å²) < 4.78 is 44.5. The zero-order valence-electron chi connectivity index (χ0n) is 19.5. The lowest BCUT2D eigenvalue weighted by Crippen LogP contribution is -2.32. The minimum absolute atomic E-state index is 0.0498. The molecule has 2 N–H and O–H groups in total. The maximum Gasteiger partial charge on any atom is 0.265 e. The van der Waals surface area contributed by atoms with Crippen molar-refractivity contribution in [2.75, 3.05) is 24.3 Å². The number of methoxy groups -OCH3 is 2. The second-order valence-corrected chi connectivity index (χ2v) is 9.20. The summed E-state index contributed by atoms with van der Waals surface area (Å²) in [5, 5.41) is 2.77. The number of rotatable bonds is 10. The second kappa shape index (κ2) is 10.9. The summed E-state index contributed by atoms with van der Waals surface area (Å²) in [6.07, 6.45) is -0.288. The monoisotopic (exact) mass is 484 g/mol. The van der Waals surface area contributed by atoms with E-state index in [2.05, 4.69) is 10.0 Å². The lowest BCUT2D eigenvalue weighted by atomic mass is 10.2. The van der Waals surface area contributed by atoms with Gasteiger partial charge < -0.3 is 19.5 Å². The van der Waals surface area contributed by atoms with Gasteiger partial charge in [0.2, 0.25) is 0 Å². The highest BCUT2D eigenvalue weighted by atomic mass is 32.2. The van der Waals surface area contributed by atoms with Crippen LogP contribution in [0.1, 0.15) is 18.9 Å². The molecule has 8 nitrogen and oxygen atoms in total. The molecule has 3 rings (SSSR count). The molecule has 1 amide bonds. The molecule has 0 fully saturated rings. The third kappa shape index (κ3) is 6.20. The van der Waals surface area contributed by atoms with Gasteiger partial charge in [-0.15, -0.1) is 0 Å². The Kier molecular flexibility index (Phi) is 8.01. The molecule has 1 atom stereocenters. The first-order chi connectivity index (χ1) is 16.2. The van der Waals surface area contributed by atoms with E-state index in [0.717, 1.165) is 5.56 Å². The molecule has 0 saturated heterocycles. The summed E-state index contributed by atoms with van der Waals surface area (Å²) >= 11 is 0. The van der Waals surface area contributed by atoms with E-state index in [4.69, 9.17) is 14.2 Å². The fraction of sp³-hybridized carbons (Fsp3) is 0.240. The zero-order valence-corrected chi connectivity index (χ0v) is 20.3. The number of benzene rings is 3. The Balaban J connectivity index is 1.69. The molecule has 0 aliphatic carbocycles. The largest absolute Gasteiger partial charge is 0.497 e. The van der Waals surface area contributed by atoms with E-state index in [9.17, 15) is 13.2 Å². The molecule has 0 heterocycles. The van der Waals surface area contributed by atoms with Gasteiger partial charge in [-0.2, -0.15) is 0 Å². The van der Waals surface area contributed by atoms with E-state index in [0.29, 0.717) is 35.0 Å². The number of carbonyl (C=O) groups excluding carboxylic acids is 1. The molecule has 0 spiro atoms. The van der Waals surface area contributed by atoms with E-state index in [1.165, 1.54) is 31.4 Å². The van der Waals surface area contributed by atoms with Crippen molar-refractivity contribution < 1.29 is 27.4 Å². The van der Waals surface area contributed by atoms with E-state index < -0.39 is 16.1 Å². The molecular formula is C25H28N2O6S. The Morgan fingerprint density at radius 2 is 1.65 bits per heavy atom. The van der Waals surface area contributed by atoms with Gasteiger partial charge in [-0.1, -0.05) is 19.1 Å². The number of anilines is 2. The Bertz CT molecular complexity index is 1240. The summed E-state index contributed by atoms with van der Waals surface area (Å²) in [5.74, 6) is 1.21. The number of nitrogens with one attached hydrogen (secondary N) is 2. The van der Waals surface area contributed by atoms with Crippen LogP contribution in [0.2, 0.25) is 0 Å². The SMILES string of the molecule is CC[C@H](Oc1cccc(OC)c1)C(=O)Nc1ccc(S(=O)(=O)Nc2cc(C)ccc2OC)cc1. The number of amides is 1. The molecule has 0 aliphatic heterocycles. The van der Waals surface area contributed by atoms with Gasteiger partial charge in [-0.3, -0.25) is 9.52 Å². The van der Waals surface area contributed by atoms with Gasteiger partial charge in [0.25, 0.3) is 15.9 Å². The second-order valence-electron chi connectivity index (χ2n) is 7.52. The van der Waals surface area contributed by atoms with E-state index in [1.807, 2.05) is 19.9 Å². The van der Waals surface area contributed by atoms with Crippen molar-refractivity contribution in [3.8, 4) is 17.2 Å². The number of hydrogen-bond donors (Lipinski definition) is 2. The van der Waals surface area contributed by atoms with E-state index >= 15 is 0 Å². The van der Waals surface area contributed by atoms with E-state index in [1.54, 1.807) is 43.5 Å². The molecule has 3 aromatic carbocycles. The number of carbonyl (C=O) groups is 1. The predicted octanol–water partition coefficient (Wildman–Crippen LogP) is 4.61. The summed E-state index contributed by atoms with van der Waals surface area (Å²) in [6.45, 7) is 3.70. The van der Waals surface area contributed by atoms with Crippen LogP contribution in [0.3, 0.4) is 0 Å². The van der Waals surface area contributed by atoms with Crippen molar-refractivity contribution >= 4 is 27.3 Å². The Morgan fingerprint density at radius 1 is 0.941 bits per heavy atom. The van der Waals surface area contributed by atoms with Gasteiger partial charge in [-0.05, 0) is 67.4 Å². The quantitative estimate of drug-likeness (QED) is 0.436. The fourth-order valence-corrected chi connectivity index (χ4v) is 4.27. The molecule has 3 aromatic rings. The Hall–Kier alpha value is -3.72. The predicted molar refractivity (Wildman–Crippen MR) is 131 cm³/mol. The normalized spacial score (nSPS) is 11.9. The van der Waals surface area contributed by atoms with Gasteiger partial charge >= 0.3 is 0 Å². The minimum atomic E-state index is -3.86. The third-order valence-corrected chi connectivity index (χ3v) is 6.40. The maximum absolute atomic E-state index is 12.8. The molecule has 0 saturated carbocycles. The van der Waals surface area contributed by atoms with Crippen LogP contribution in [-0.2, 0) is 14.8 Å². The molecular weight excluding hydrogens is 456 g/mol. The topological polar surface area (TPSA) is 103 Å². The first-order valence-corrected chi connectivity index (χ1v) is 12.1. The van der Waals surface area contributed by atoms with Crippen LogP contribution in [0, 0.1) is 6.92 Å². The van der Waals surface area contributed by atoms with Gasteiger partial charge in [0.05, 0.1) is 24.8 Å². The maximum atomic E-state index is 12.8. The van der Waals surface area contributed by atoms with Gasteiger partial charge in [0.1, 0.15) is 17.2 Å². The van der Waals surface area contributed by atoms with Crippen molar-refractivity contribution in [1.82, 2.24) is 0 Å². The number of sulfonamides is 1. The highest BCUT2D eigenvalue weighted by Crippen LogP contribution is 2.28. The number of aryl methyl sites for hydroxylation is 1. The minimum Gasteiger partial charge on any atom is -0.497 e. The summed E-state index contributed by atoms with van der Waals surface area (Å²) in [6, 6.07) is 18.1. The molecule has 0 aromatic heterocycles. The highest BCUT2D eigenvalue weighted by Gasteiger charge is 2.20. The van der Waals surface area contributed by atoms with Crippen LogP contribution in [0.15, 0.2) is 71.6 Å². The molecule has 0 radical (unpaired) electrons. The molecule has 0 bridgehead atoms. The van der Waals surface area contributed by atoms with Crippen molar-refractivity contribution in [3.63, 3.8) is 0 Å². The molecule has 0 unspecified atom stereocenters. The van der Waals surface area contributed by atoms with Crippen LogP contribution >= 0.6 is 0 Å². The molecule has 9 heteroatoms. The van der Waals surface area contributed by atoms with Crippen LogP contribution in [0.4, 0.5) is 11.4 Å². The molecule has 34 heavy (non-hydrogen) atoms. The van der Waals surface area contributed by atoms with Gasteiger partial charge in [0.15, 0.2) is 6.10 Å². The summed E-state index contributed by atoms with van der Waals surface area (Å²) in [5.41, 5.74) is 1.68. The Labute approximate surface area is 199 Å². The molecule has 180 valence electrons. The lowest BCUT2D eigenvalue weighted by molar-refractivity contribution is -0.122. The average molecular weight is 485 g/mol. The molecule has 0 aliphatic rings. The zero-order chi connectivity index (χ0) is 24.7. The fourth-order valence-electron chi connectivity index (χ4n) is 3.21. The van der Waals surface area contributed by atoms with Crippen LogP contribution in [-0.4, -0.2) is 34.6 Å². The van der Waals surface area contributed by atoms with Crippen molar-refractivity contribution in [3.05, 3.63) is 72.3 Å². The summed E-state index contributed by atoms with van der Waals surface area (Å²) in [7, 11) is -0.826. The average Bonchev–Trinajstić information content (AvgIpc) is 2.83. The lowest BCUT2D eigenvalue weighted by Gasteiger charge is -2.18. The van der Waals surface area contributed by atoms with Gasteiger partial charge in [-0.25, -0.2) is 8.42 Å². The standard InChI is InChI=1S/C25H28N2O6S/c1-5-23(33-20-8-6-7-19(16-20)31-3)25(28)26-18-10-12-21(13-11-18)34(29,30)27-22-15-17(2)9-14-24(22)32-4/h6-16,23,27H,5H2,1-4H3,(H,26,28)/t23-/m0/s1. The van der Waals surface area contributed by atoms with Crippen LogP contribution in [0.25, 0.3) is 0 Å². The van der Waals surface area contributed by atoms with E-state index in [-0.39, 0.29) is 10.8 Å². The number of ether oxygens (including phenoxy) is 3. The first kappa shape index (κ1) is 24.9. The van der Waals surface area contributed by atoms with Crippen molar-refractivity contribution in [1.29, 1.82) is 0 Å². The summed E-state index contributed by atoms with van der Waals surface area (Å²) in [4.78, 5) is 12.8. The van der Waals surface area contributed by atoms with Crippen LogP contribution < -0.4 is 24.2 Å². The van der Waals surface area contributed by atoms with Gasteiger partial charge in [0, 0.05) is 11.8 Å². The smallest absolute Gasteiger partial charge is 0.265 e. The Morgan fingerprint density at radius 3 is 2.29 bits per heavy atom. The number of hydrogen-bond acceptors (Lipinski definition) is 6. The van der Waals surface area contributed by atoms with Crippen molar-refractivity contribution in [2.24, 2.45) is 0 Å².